The molecule has 3 nitrogen and oxygen atoms in total. The zero-order valence-electron chi connectivity index (χ0n) is 10.8. The van der Waals surface area contributed by atoms with Gasteiger partial charge in [-0.25, -0.2) is 4.39 Å². The highest BCUT2D eigenvalue weighted by atomic mass is 35.5. The Bertz CT molecular complexity index is 363. The Balaban J connectivity index is 2.29. The third kappa shape index (κ3) is 5.31. The predicted molar refractivity (Wildman–Crippen MR) is 72.5 cm³/mol. The maximum absolute atomic E-state index is 13.2. The number of ether oxygens (including phenoxy) is 1. The van der Waals surface area contributed by atoms with Gasteiger partial charge in [-0.3, -0.25) is 0 Å². The molecule has 0 saturated heterocycles. The van der Waals surface area contributed by atoms with Crippen LogP contribution in [0.4, 0.5) is 4.39 Å². The van der Waals surface area contributed by atoms with Crippen molar-refractivity contribution in [2.24, 2.45) is 0 Å². The average molecular weight is 275 g/mol. The Labute approximate surface area is 113 Å². The fourth-order valence-electron chi connectivity index (χ4n) is 1.53. The van der Waals surface area contributed by atoms with Crippen LogP contribution in [0.5, 0.6) is 0 Å². The minimum atomic E-state index is -0.373. The summed E-state index contributed by atoms with van der Waals surface area (Å²) in [5, 5.41) is 6.74. The smallest absolute Gasteiger partial charge is 0.142 e. The average Bonchev–Trinajstić information content (AvgIpc) is 2.36. The van der Waals surface area contributed by atoms with Crippen molar-refractivity contribution in [2.75, 3.05) is 26.8 Å². The second kappa shape index (κ2) is 8.43. The van der Waals surface area contributed by atoms with Crippen LogP contribution in [0.2, 0.25) is 5.02 Å². The summed E-state index contributed by atoms with van der Waals surface area (Å²) in [6.07, 6.45) is 0. The van der Waals surface area contributed by atoms with Gasteiger partial charge in [0.15, 0.2) is 0 Å². The number of hydrogen-bond acceptors (Lipinski definition) is 3. The maximum atomic E-state index is 13.2. The molecule has 102 valence electrons. The maximum Gasteiger partial charge on any atom is 0.142 e. The molecule has 1 aromatic rings. The highest BCUT2D eigenvalue weighted by molar-refractivity contribution is 6.31. The van der Waals surface area contributed by atoms with E-state index in [1.807, 2.05) is 6.07 Å². The molecule has 1 unspecified atom stereocenters. The van der Waals surface area contributed by atoms with Crippen molar-refractivity contribution in [1.29, 1.82) is 0 Å². The molecule has 18 heavy (non-hydrogen) atoms. The van der Waals surface area contributed by atoms with E-state index in [0.29, 0.717) is 13.2 Å². The van der Waals surface area contributed by atoms with Crippen LogP contribution < -0.4 is 10.6 Å². The summed E-state index contributed by atoms with van der Waals surface area (Å²) < 4.78 is 18.1. The molecule has 1 rings (SSSR count). The topological polar surface area (TPSA) is 33.3 Å². The Kier molecular flexibility index (Phi) is 7.20. The Morgan fingerprint density at radius 1 is 1.44 bits per heavy atom. The van der Waals surface area contributed by atoms with Gasteiger partial charge in [0.05, 0.1) is 11.6 Å². The van der Waals surface area contributed by atoms with E-state index in [-0.39, 0.29) is 16.9 Å². The second-order valence-corrected chi connectivity index (χ2v) is 4.57. The minimum absolute atomic E-state index is 0.199. The molecular weight excluding hydrogens is 255 g/mol. The van der Waals surface area contributed by atoms with Crippen molar-refractivity contribution in [1.82, 2.24) is 10.6 Å². The number of benzene rings is 1. The van der Waals surface area contributed by atoms with E-state index in [4.69, 9.17) is 16.3 Å². The van der Waals surface area contributed by atoms with Crippen LogP contribution >= 0.6 is 11.6 Å². The summed E-state index contributed by atoms with van der Waals surface area (Å²) in [5.41, 5.74) is 0.778. The molecule has 0 aliphatic carbocycles. The fraction of sp³-hybridized carbons (Fsp3) is 0.538. The lowest BCUT2D eigenvalue weighted by Crippen LogP contribution is -2.37. The zero-order valence-corrected chi connectivity index (χ0v) is 11.6. The number of halogens is 2. The van der Waals surface area contributed by atoms with Crippen molar-refractivity contribution in [3.63, 3.8) is 0 Å². The van der Waals surface area contributed by atoms with Crippen LogP contribution in [-0.4, -0.2) is 32.8 Å². The van der Waals surface area contributed by atoms with Crippen molar-refractivity contribution in [3.8, 4) is 0 Å². The van der Waals surface area contributed by atoms with Gasteiger partial charge in [-0.2, -0.15) is 0 Å². The molecule has 0 spiro atoms. The molecule has 0 aliphatic heterocycles. The van der Waals surface area contributed by atoms with Crippen LogP contribution in [0.25, 0.3) is 0 Å². The van der Waals surface area contributed by atoms with Crippen LogP contribution in [0, 0.1) is 5.82 Å². The molecule has 0 fully saturated rings. The Hall–Kier alpha value is -0.680. The molecule has 0 amide bonds. The van der Waals surface area contributed by atoms with E-state index < -0.39 is 0 Å². The molecule has 0 bridgehead atoms. The third-order valence-corrected chi connectivity index (χ3v) is 3.03. The molecule has 0 aromatic heterocycles. The lowest BCUT2D eigenvalue weighted by atomic mass is 10.2. The molecule has 0 radical (unpaired) electrons. The normalized spacial score (nSPS) is 12.7. The quantitative estimate of drug-likeness (QED) is 0.713. The summed E-state index contributed by atoms with van der Waals surface area (Å²) >= 11 is 5.88. The van der Waals surface area contributed by atoms with Crippen LogP contribution in [0.15, 0.2) is 18.2 Å². The van der Waals surface area contributed by atoms with E-state index in [0.717, 1.165) is 18.7 Å². The number of hydrogen-bond donors (Lipinski definition) is 2. The molecule has 0 saturated carbocycles. The SMILES string of the molecule is COCCNCC(C)NCc1cccc(F)c1Cl. The zero-order chi connectivity index (χ0) is 13.4. The molecule has 0 heterocycles. The Morgan fingerprint density at radius 2 is 2.22 bits per heavy atom. The third-order valence-electron chi connectivity index (χ3n) is 2.61. The van der Waals surface area contributed by atoms with Crippen molar-refractivity contribution >= 4 is 11.6 Å². The van der Waals surface area contributed by atoms with Crippen molar-refractivity contribution in [3.05, 3.63) is 34.6 Å². The molecule has 2 N–H and O–H groups in total. The van der Waals surface area contributed by atoms with Gasteiger partial charge in [0, 0.05) is 32.8 Å². The first-order chi connectivity index (χ1) is 8.65. The van der Waals surface area contributed by atoms with E-state index >= 15 is 0 Å². The summed E-state index contributed by atoms with van der Waals surface area (Å²) in [4.78, 5) is 0. The molecular formula is C13H20ClFN2O. The monoisotopic (exact) mass is 274 g/mol. The summed E-state index contributed by atoms with van der Waals surface area (Å²) in [5.74, 6) is -0.373. The van der Waals surface area contributed by atoms with Crippen molar-refractivity contribution in [2.45, 2.75) is 19.5 Å². The minimum Gasteiger partial charge on any atom is -0.383 e. The van der Waals surface area contributed by atoms with Gasteiger partial charge in [0.25, 0.3) is 0 Å². The molecule has 5 heteroatoms. The number of rotatable bonds is 8. The van der Waals surface area contributed by atoms with E-state index in [1.165, 1.54) is 6.07 Å². The summed E-state index contributed by atoms with van der Waals surface area (Å²) in [6, 6.07) is 5.13. The van der Waals surface area contributed by atoms with Gasteiger partial charge in [-0.1, -0.05) is 23.7 Å². The van der Waals surface area contributed by atoms with Crippen molar-refractivity contribution < 1.29 is 9.13 Å². The number of nitrogens with one attached hydrogen (secondary N) is 2. The summed E-state index contributed by atoms with van der Waals surface area (Å²) in [6.45, 7) is 4.97. The first-order valence-electron chi connectivity index (χ1n) is 6.01. The molecule has 1 atom stereocenters. The van der Waals surface area contributed by atoms with Gasteiger partial charge < -0.3 is 15.4 Å². The van der Waals surface area contributed by atoms with Crippen LogP contribution in [0.3, 0.4) is 0 Å². The lowest BCUT2D eigenvalue weighted by Gasteiger charge is -2.15. The first-order valence-corrected chi connectivity index (χ1v) is 6.39. The van der Waals surface area contributed by atoms with Crippen LogP contribution in [-0.2, 0) is 11.3 Å². The predicted octanol–water partition coefficient (Wildman–Crippen LogP) is 2.19. The fourth-order valence-corrected chi connectivity index (χ4v) is 1.73. The largest absolute Gasteiger partial charge is 0.383 e. The van der Waals surface area contributed by atoms with E-state index in [1.54, 1.807) is 13.2 Å². The lowest BCUT2D eigenvalue weighted by molar-refractivity contribution is 0.198. The van der Waals surface area contributed by atoms with Gasteiger partial charge in [0.1, 0.15) is 5.82 Å². The van der Waals surface area contributed by atoms with Gasteiger partial charge in [-0.15, -0.1) is 0 Å². The molecule has 0 aliphatic rings. The van der Waals surface area contributed by atoms with Gasteiger partial charge >= 0.3 is 0 Å². The first kappa shape index (κ1) is 15.4. The number of methoxy groups -OCH3 is 1. The molecule has 1 aromatic carbocycles. The highest BCUT2D eigenvalue weighted by Gasteiger charge is 2.07. The van der Waals surface area contributed by atoms with Crippen LogP contribution in [0.1, 0.15) is 12.5 Å². The van der Waals surface area contributed by atoms with Gasteiger partial charge in [0.2, 0.25) is 0 Å². The summed E-state index contributed by atoms with van der Waals surface area (Å²) in [7, 11) is 1.68. The van der Waals surface area contributed by atoms with Gasteiger partial charge in [-0.05, 0) is 18.6 Å². The highest BCUT2D eigenvalue weighted by Crippen LogP contribution is 2.19. The second-order valence-electron chi connectivity index (χ2n) is 4.19. The van der Waals surface area contributed by atoms with E-state index in [2.05, 4.69) is 17.6 Å². The standard InChI is InChI=1S/C13H20ClFN2O/c1-10(8-16-6-7-18-2)17-9-11-4-3-5-12(15)13(11)14/h3-5,10,16-17H,6-9H2,1-2H3. The van der Waals surface area contributed by atoms with E-state index in [9.17, 15) is 4.39 Å². The Morgan fingerprint density at radius 3 is 2.94 bits per heavy atom.